The Balaban J connectivity index is 1.19. The van der Waals surface area contributed by atoms with Crippen molar-refractivity contribution in [2.24, 2.45) is 46.3 Å². The Bertz CT molecular complexity index is 1700. The van der Waals surface area contributed by atoms with Crippen molar-refractivity contribution in [3.63, 3.8) is 0 Å². The number of allylic oxidation sites excluding steroid dienone is 1. The average molecular weight is 1020 g/mol. The maximum Gasteiger partial charge on any atom is 0.325 e. The van der Waals surface area contributed by atoms with Crippen LogP contribution in [0.1, 0.15) is 290 Å². The smallest absolute Gasteiger partial charge is 0.325 e. The molecule has 1 aromatic rings. The number of rotatable bonds is 39. The summed E-state index contributed by atoms with van der Waals surface area (Å²) in [5.74, 6) is 5.82. The SMILES string of the molecule is CCCCCCCCCCOc1cc(C(=O)NCC(=O)O[C@H]2CC[C@@]3(C)C(=CC[C@H]4[C@@H]5CC[C@H]([C@H](C)CCCC(C)C)[C@@]5(C)CC[C@@H]43)C2)cc(OCCCCCCCCCC)c1OCCCCCCCCCC. The molecule has 0 bridgehead atoms. The van der Waals surface area contributed by atoms with Gasteiger partial charge in [-0.2, -0.15) is 0 Å². The van der Waals surface area contributed by atoms with Gasteiger partial charge in [-0.05, 0) is 123 Å². The van der Waals surface area contributed by atoms with Crippen molar-refractivity contribution in [2.75, 3.05) is 26.4 Å². The first-order valence-corrected chi connectivity index (χ1v) is 31.7. The van der Waals surface area contributed by atoms with Crippen LogP contribution in [0.15, 0.2) is 23.8 Å². The lowest BCUT2D eigenvalue weighted by Crippen LogP contribution is -2.51. The molecule has 0 heterocycles. The normalized spacial score (nSPS) is 24.8. The Hall–Kier alpha value is -2.70. The van der Waals surface area contributed by atoms with Gasteiger partial charge in [0.05, 0.1) is 19.8 Å². The molecule has 8 atom stereocenters. The van der Waals surface area contributed by atoms with Crippen molar-refractivity contribution in [1.29, 1.82) is 0 Å². The molecule has 4 aliphatic carbocycles. The standard InChI is InChI=1S/C66H113NO6/c1-9-12-15-18-21-24-27-30-44-70-60-47-53(48-61(71-45-31-28-25-22-19-16-13-10-2)63(60)72-46-32-29-26-23-20-17-14-11-3)64(69)67-50-62(68)73-55-40-42-65(7)54(49-55)36-37-56-58-39-38-57(52(6)35-33-34-51(4)5)66(58,8)43-41-59(56)65/h36,47-48,51-52,55-59H,9-35,37-46,49-50H2,1-8H3,(H,67,69)/t52-,55+,56+,57-,58+,59+,65+,66-/m1/s1. The molecule has 0 spiro atoms. The molecule has 4 aliphatic rings. The highest BCUT2D eigenvalue weighted by Gasteiger charge is 2.59. The maximum atomic E-state index is 14.0. The molecule has 0 aliphatic heterocycles. The molecule has 418 valence electrons. The molecule has 0 radical (unpaired) electrons. The van der Waals surface area contributed by atoms with Crippen LogP contribution in [0, 0.1) is 46.3 Å². The highest BCUT2D eigenvalue weighted by atomic mass is 16.5. The summed E-state index contributed by atoms with van der Waals surface area (Å²) in [5, 5.41) is 2.93. The predicted molar refractivity (Wildman–Crippen MR) is 306 cm³/mol. The summed E-state index contributed by atoms with van der Waals surface area (Å²) < 4.78 is 25.8. The summed E-state index contributed by atoms with van der Waals surface area (Å²) in [5.41, 5.74) is 2.60. The molecule has 3 fully saturated rings. The van der Waals surface area contributed by atoms with Crippen molar-refractivity contribution >= 4 is 11.9 Å². The molecule has 1 N–H and O–H groups in total. The molecule has 0 unspecified atom stereocenters. The van der Waals surface area contributed by atoms with Gasteiger partial charge in [-0.15, -0.1) is 0 Å². The van der Waals surface area contributed by atoms with Crippen LogP contribution < -0.4 is 19.5 Å². The van der Waals surface area contributed by atoms with Gasteiger partial charge in [-0.3, -0.25) is 9.59 Å². The van der Waals surface area contributed by atoms with E-state index in [1.807, 2.05) is 0 Å². The van der Waals surface area contributed by atoms with Crippen molar-refractivity contribution in [3.05, 3.63) is 29.3 Å². The molecule has 5 rings (SSSR count). The van der Waals surface area contributed by atoms with E-state index >= 15 is 0 Å². The molecule has 7 heteroatoms. The van der Waals surface area contributed by atoms with E-state index in [9.17, 15) is 9.59 Å². The minimum absolute atomic E-state index is 0.151. The zero-order valence-electron chi connectivity index (χ0n) is 48.8. The summed E-state index contributed by atoms with van der Waals surface area (Å²) >= 11 is 0. The number of carbonyl (C=O) groups excluding carboxylic acids is 2. The highest BCUT2D eigenvalue weighted by Crippen LogP contribution is 2.67. The molecule has 0 saturated heterocycles. The second kappa shape index (κ2) is 33.5. The summed E-state index contributed by atoms with van der Waals surface area (Å²) in [7, 11) is 0. The van der Waals surface area contributed by atoms with Crippen LogP contribution in [0.5, 0.6) is 17.2 Å². The first-order valence-electron chi connectivity index (χ1n) is 31.7. The van der Waals surface area contributed by atoms with Gasteiger partial charge in [0.1, 0.15) is 12.6 Å². The lowest BCUT2D eigenvalue weighted by atomic mass is 9.47. The van der Waals surface area contributed by atoms with Crippen LogP contribution in [0.4, 0.5) is 0 Å². The lowest BCUT2D eigenvalue weighted by molar-refractivity contribution is -0.150. The van der Waals surface area contributed by atoms with Crippen molar-refractivity contribution in [3.8, 4) is 17.2 Å². The van der Waals surface area contributed by atoms with Gasteiger partial charge in [0, 0.05) is 12.0 Å². The third-order valence-electron chi connectivity index (χ3n) is 19.0. The molecule has 7 nitrogen and oxygen atoms in total. The van der Waals surface area contributed by atoms with E-state index in [0.717, 1.165) is 93.3 Å². The largest absolute Gasteiger partial charge is 0.490 e. The van der Waals surface area contributed by atoms with E-state index in [4.69, 9.17) is 18.9 Å². The van der Waals surface area contributed by atoms with Crippen LogP contribution >= 0.6 is 0 Å². The van der Waals surface area contributed by atoms with Crippen molar-refractivity contribution in [2.45, 2.75) is 286 Å². The summed E-state index contributed by atoms with van der Waals surface area (Å²) in [6.45, 7) is 20.8. The van der Waals surface area contributed by atoms with E-state index in [0.29, 0.717) is 48.0 Å². The van der Waals surface area contributed by atoms with Gasteiger partial charge in [0.25, 0.3) is 5.91 Å². The topological polar surface area (TPSA) is 83.1 Å². The number of unbranched alkanes of at least 4 members (excludes halogenated alkanes) is 21. The first kappa shape index (κ1) is 61.2. The molecular weight excluding hydrogens is 903 g/mol. The number of fused-ring (bicyclic) bond motifs is 5. The lowest BCUT2D eigenvalue weighted by Gasteiger charge is -2.58. The number of carbonyl (C=O) groups is 2. The van der Waals surface area contributed by atoms with Gasteiger partial charge >= 0.3 is 5.97 Å². The number of esters is 1. The van der Waals surface area contributed by atoms with E-state index in [-0.39, 0.29) is 29.9 Å². The number of ether oxygens (including phenoxy) is 4. The fourth-order valence-corrected chi connectivity index (χ4v) is 14.5. The Kier molecular flexibility index (Phi) is 28.0. The highest BCUT2D eigenvalue weighted by molar-refractivity contribution is 5.97. The third-order valence-corrected chi connectivity index (χ3v) is 19.0. The molecular formula is C66H113NO6. The number of hydrogen-bond acceptors (Lipinski definition) is 6. The molecule has 1 aromatic carbocycles. The van der Waals surface area contributed by atoms with Gasteiger partial charge < -0.3 is 24.3 Å². The van der Waals surface area contributed by atoms with Gasteiger partial charge in [0.2, 0.25) is 5.75 Å². The van der Waals surface area contributed by atoms with Crippen molar-refractivity contribution in [1.82, 2.24) is 5.32 Å². The molecule has 1 amide bonds. The van der Waals surface area contributed by atoms with Gasteiger partial charge in [-0.1, -0.05) is 221 Å². The molecule has 0 aromatic heterocycles. The van der Waals surface area contributed by atoms with E-state index < -0.39 is 0 Å². The van der Waals surface area contributed by atoms with Crippen LogP contribution in [0.3, 0.4) is 0 Å². The van der Waals surface area contributed by atoms with Gasteiger partial charge in [0.15, 0.2) is 11.5 Å². The summed E-state index contributed by atoms with van der Waals surface area (Å²) in [6.07, 6.45) is 45.3. The van der Waals surface area contributed by atoms with Crippen LogP contribution in [-0.2, 0) is 9.53 Å². The van der Waals surface area contributed by atoms with E-state index in [1.165, 1.54) is 173 Å². The van der Waals surface area contributed by atoms with Gasteiger partial charge in [-0.25, -0.2) is 0 Å². The zero-order valence-corrected chi connectivity index (χ0v) is 48.8. The Morgan fingerprint density at radius 2 is 1.12 bits per heavy atom. The maximum absolute atomic E-state index is 14.0. The second-order valence-electron chi connectivity index (χ2n) is 25.1. The van der Waals surface area contributed by atoms with E-state index in [2.05, 4.69) is 66.8 Å². The van der Waals surface area contributed by atoms with Crippen LogP contribution in [0.25, 0.3) is 0 Å². The Labute approximate surface area is 449 Å². The molecule has 3 saturated carbocycles. The van der Waals surface area contributed by atoms with E-state index in [1.54, 1.807) is 12.1 Å². The number of amides is 1. The predicted octanol–water partition coefficient (Wildman–Crippen LogP) is 18.9. The second-order valence-corrected chi connectivity index (χ2v) is 25.1. The zero-order chi connectivity index (χ0) is 52.3. The fourth-order valence-electron chi connectivity index (χ4n) is 14.5. The summed E-state index contributed by atoms with van der Waals surface area (Å²) in [4.78, 5) is 27.6. The number of benzene rings is 1. The fraction of sp³-hybridized carbons (Fsp3) is 0.848. The Morgan fingerprint density at radius 1 is 0.603 bits per heavy atom. The Morgan fingerprint density at radius 3 is 1.66 bits per heavy atom. The third kappa shape index (κ3) is 19.4. The van der Waals surface area contributed by atoms with Crippen LogP contribution in [0.2, 0.25) is 0 Å². The number of hydrogen-bond donors (Lipinski definition) is 1. The monoisotopic (exact) mass is 1020 g/mol. The minimum Gasteiger partial charge on any atom is -0.490 e. The van der Waals surface area contributed by atoms with Crippen LogP contribution in [-0.4, -0.2) is 44.3 Å². The average Bonchev–Trinajstić information content (AvgIpc) is 3.74. The quantitative estimate of drug-likeness (QED) is 0.0402. The summed E-state index contributed by atoms with van der Waals surface area (Å²) in [6, 6.07) is 3.60. The minimum atomic E-state index is -0.369. The van der Waals surface area contributed by atoms with Crippen molar-refractivity contribution < 1.29 is 28.5 Å². The number of nitrogens with one attached hydrogen (secondary N) is 1. The molecule has 73 heavy (non-hydrogen) atoms. The first-order chi connectivity index (χ1) is 35.4.